The van der Waals surface area contributed by atoms with E-state index in [0.717, 1.165) is 27.6 Å². The van der Waals surface area contributed by atoms with Crippen molar-refractivity contribution >= 4 is 22.9 Å². The second-order valence-electron chi connectivity index (χ2n) is 5.75. The Kier molecular flexibility index (Phi) is 5.42. The van der Waals surface area contributed by atoms with Crippen molar-refractivity contribution < 1.29 is 9.53 Å². The lowest BCUT2D eigenvalue weighted by Gasteiger charge is -2.03. The predicted octanol–water partition coefficient (Wildman–Crippen LogP) is 3.93. The number of fused-ring (bicyclic) bond motifs is 1. The van der Waals surface area contributed by atoms with Crippen LogP contribution in [-0.2, 0) is 11.2 Å². The number of rotatable bonds is 6. The van der Waals surface area contributed by atoms with Gasteiger partial charge in [0.15, 0.2) is 0 Å². The van der Waals surface area contributed by atoms with Crippen LogP contribution in [0, 0.1) is 0 Å². The van der Waals surface area contributed by atoms with Crippen LogP contribution in [0.3, 0.4) is 0 Å². The summed E-state index contributed by atoms with van der Waals surface area (Å²) in [6.07, 6.45) is 2.78. The molecule has 0 aromatic heterocycles. The zero-order chi connectivity index (χ0) is 17.5. The van der Waals surface area contributed by atoms with Crippen molar-refractivity contribution in [3.63, 3.8) is 0 Å². The smallest absolute Gasteiger partial charge is 0.240 e. The van der Waals surface area contributed by atoms with Gasteiger partial charge in [-0.25, -0.2) is 5.43 Å². The van der Waals surface area contributed by atoms with Gasteiger partial charge in [0.1, 0.15) is 5.75 Å². The Morgan fingerprint density at radius 3 is 2.60 bits per heavy atom. The highest BCUT2D eigenvalue weighted by Gasteiger charge is 2.01. The molecule has 0 atom stereocenters. The number of hydrogen-bond donors (Lipinski definition) is 1. The number of benzene rings is 3. The van der Waals surface area contributed by atoms with E-state index in [9.17, 15) is 4.79 Å². The summed E-state index contributed by atoms with van der Waals surface area (Å²) in [5.74, 6) is 0.741. The fourth-order valence-electron chi connectivity index (χ4n) is 2.59. The monoisotopic (exact) mass is 332 g/mol. The molecule has 4 nitrogen and oxygen atoms in total. The van der Waals surface area contributed by atoms with Crippen LogP contribution in [0.5, 0.6) is 5.75 Å². The molecule has 3 aromatic carbocycles. The third-order valence-electron chi connectivity index (χ3n) is 3.96. The minimum absolute atomic E-state index is 0.0920. The van der Waals surface area contributed by atoms with Crippen LogP contribution >= 0.6 is 0 Å². The molecular formula is C21H20N2O2. The zero-order valence-corrected chi connectivity index (χ0v) is 14.1. The Balaban J connectivity index is 1.56. The van der Waals surface area contributed by atoms with Crippen molar-refractivity contribution in [2.24, 2.45) is 5.10 Å². The van der Waals surface area contributed by atoms with Gasteiger partial charge in [0.2, 0.25) is 5.91 Å². The summed E-state index contributed by atoms with van der Waals surface area (Å²) in [6.45, 7) is 0. The number of methoxy groups -OCH3 is 1. The molecule has 1 amide bonds. The minimum atomic E-state index is -0.0920. The highest BCUT2D eigenvalue weighted by atomic mass is 16.5. The van der Waals surface area contributed by atoms with Gasteiger partial charge in [0.05, 0.1) is 13.3 Å². The van der Waals surface area contributed by atoms with Crippen molar-refractivity contribution in [1.29, 1.82) is 0 Å². The van der Waals surface area contributed by atoms with Crippen LogP contribution < -0.4 is 10.2 Å². The second-order valence-corrected chi connectivity index (χ2v) is 5.75. The number of aryl methyl sites for hydroxylation is 1. The molecule has 25 heavy (non-hydrogen) atoms. The Bertz CT molecular complexity index is 889. The molecule has 126 valence electrons. The van der Waals surface area contributed by atoms with E-state index >= 15 is 0 Å². The van der Waals surface area contributed by atoms with E-state index in [2.05, 4.69) is 10.5 Å². The molecular weight excluding hydrogens is 312 g/mol. The normalized spacial score (nSPS) is 10.9. The minimum Gasteiger partial charge on any atom is -0.497 e. The van der Waals surface area contributed by atoms with Crippen molar-refractivity contribution in [2.75, 3.05) is 7.11 Å². The number of amides is 1. The van der Waals surface area contributed by atoms with Crippen LogP contribution in [0.1, 0.15) is 17.5 Å². The maximum absolute atomic E-state index is 11.9. The number of nitrogens with zero attached hydrogens (tertiary/aromatic N) is 1. The van der Waals surface area contributed by atoms with E-state index in [1.165, 1.54) is 0 Å². The Labute approximate surface area is 147 Å². The van der Waals surface area contributed by atoms with Crippen LogP contribution in [0.25, 0.3) is 10.8 Å². The molecule has 3 rings (SSSR count). The number of hydrazone groups is 1. The lowest BCUT2D eigenvalue weighted by atomic mass is 10.1. The van der Waals surface area contributed by atoms with Gasteiger partial charge in [0.25, 0.3) is 0 Å². The molecule has 4 heteroatoms. The maximum Gasteiger partial charge on any atom is 0.240 e. The summed E-state index contributed by atoms with van der Waals surface area (Å²) in [7, 11) is 1.66. The molecule has 0 radical (unpaired) electrons. The third kappa shape index (κ3) is 4.67. The summed E-state index contributed by atoms with van der Waals surface area (Å²) in [5.41, 5.74) is 4.65. The molecule has 0 bridgehead atoms. The van der Waals surface area contributed by atoms with Crippen molar-refractivity contribution in [3.05, 3.63) is 77.9 Å². The van der Waals surface area contributed by atoms with Gasteiger partial charge in [-0.15, -0.1) is 0 Å². The lowest BCUT2D eigenvalue weighted by Crippen LogP contribution is -2.17. The molecule has 0 unspecified atom stereocenters. The number of carbonyl (C=O) groups excluding carboxylic acids is 1. The molecule has 0 saturated heterocycles. The third-order valence-corrected chi connectivity index (χ3v) is 3.96. The van der Waals surface area contributed by atoms with E-state index in [-0.39, 0.29) is 5.91 Å². The van der Waals surface area contributed by atoms with Crippen LogP contribution in [0.4, 0.5) is 0 Å². The maximum atomic E-state index is 11.9. The first-order valence-electron chi connectivity index (χ1n) is 8.18. The summed E-state index contributed by atoms with van der Waals surface area (Å²) in [6, 6.07) is 21.8. The molecule has 0 heterocycles. The van der Waals surface area contributed by atoms with Crippen molar-refractivity contribution in [1.82, 2.24) is 5.43 Å². The van der Waals surface area contributed by atoms with Gasteiger partial charge in [-0.05, 0) is 46.5 Å². The van der Waals surface area contributed by atoms with Gasteiger partial charge in [-0.1, -0.05) is 48.5 Å². The molecule has 0 aliphatic carbocycles. The average Bonchev–Trinajstić information content (AvgIpc) is 2.66. The Morgan fingerprint density at radius 1 is 1.04 bits per heavy atom. The lowest BCUT2D eigenvalue weighted by molar-refractivity contribution is -0.121. The van der Waals surface area contributed by atoms with Gasteiger partial charge < -0.3 is 4.74 Å². The molecule has 0 saturated carbocycles. The fraction of sp³-hybridized carbons (Fsp3) is 0.143. The Hall–Kier alpha value is -3.14. The topological polar surface area (TPSA) is 50.7 Å². The van der Waals surface area contributed by atoms with Crippen LogP contribution in [0.2, 0.25) is 0 Å². The van der Waals surface area contributed by atoms with Gasteiger partial charge in [0, 0.05) is 6.42 Å². The van der Waals surface area contributed by atoms with E-state index in [0.29, 0.717) is 12.8 Å². The van der Waals surface area contributed by atoms with Crippen molar-refractivity contribution in [2.45, 2.75) is 12.8 Å². The van der Waals surface area contributed by atoms with E-state index in [4.69, 9.17) is 4.74 Å². The molecule has 0 spiro atoms. The van der Waals surface area contributed by atoms with Gasteiger partial charge >= 0.3 is 0 Å². The molecule has 0 aliphatic heterocycles. The number of hydrogen-bond acceptors (Lipinski definition) is 3. The highest BCUT2D eigenvalue weighted by Crippen LogP contribution is 2.21. The molecule has 0 aliphatic rings. The summed E-state index contributed by atoms with van der Waals surface area (Å²) in [4.78, 5) is 11.9. The summed E-state index contributed by atoms with van der Waals surface area (Å²) >= 11 is 0. The summed E-state index contributed by atoms with van der Waals surface area (Å²) < 4.78 is 5.22. The largest absolute Gasteiger partial charge is 0.497 e. The summed E-state index contributed by atoms with van der Waals surface area (Å²) in [5, 5.41) is 6.24. The first-order chi connectivity index (χ1) is 12.2. The van der Waals surface area contributed by atoms with E-state index in [1.807, 2.05) is 66.7 Å². The molecule has 3 aromatic rings. The van der Waals surface area contributed by atoms with Gasteiger partial charge in [-0.2, -0.15) is 5.10 Å². The Morgan fingerprint density at radius 2 is 1.80 bits per heavy atom. The van der Waals surface area contributed by atoms with Crippen molar-refractivity contribution in [3.8, 4) is 5.75 Å². The van der Waals surface area contributed by atoms with Gasteiger partial charge in [-0.3, -0.25) is 4.79 Å². The number of nitrogens with one attached hydrogen (secondary N) is 1. The highest BCUT2D eigenvalue weighted by molar-refractivity contribution is 5.91. The quantitative estimate of drug-likeness (QED) is 0.549. The van der Waals surface area contributed by atoms with E-state index in [1.54, 1.807) is 13.3 Å². The van der Waals surface area contributed by atoms with Crippen LogP contribution in [-0.4, -0.2) is 19.2 Å². The fourth-order valence-corrected chi connectivity index (χ4v) is 2.59. The van der Waals surface area contributed by atoms with Crippen LogP contribution in [0.15, 0.2) is 71.8 Å². The molecule has 1 N–H and O–H groups in total. The zero-order valence-electron chi connectivity index (χ0n) is 14.1. The first-order valence-corrected chi connectivity index (χ1v) is 8.18. The molecule has 0 fully saturated rings. The second kappa shape index (κ2) is 8.11. The SMILES string of the molecule is COc1ccc2cc(/C=N/NC(=O)CCc3ccccc3)ccc2c1. The number of ether oxygens (including phenoxy) is 1. The predicted molar refractivity (Wildman–Crippen MR) is 101 cm³/mol. The first kappa shape index (κ1) is 16.7. The standard InChI is InChI=1S/C21H20N2O2/c1-25-20-11-10-18-13-17(7-9-19(18)14-20)15-22-23-21(24)12-8-16-5-3-2-4-6-16/h2-7,9-11,13-15H,8,12H2,1H3,(H,23,24)/b22-15+. The average molecular weight is 332 g/mol. The van der Waals surface area contributed by atoms with E-state index < -0.39 is 0 Å². The number of carbonyl (C=O) groups is 1.